The second-order valence-electron chi connectivity index (χ2n) is 9.14. The van der Waals surface area contributed by atoms with Gasteiger partial charge in [0.1, 0.15) is 11.8 Å². The Balaban J connectivity index is 1.26. The van der Waals surface area contributed by atoms with Crippen molar-refractivity contribution in [2.24, 2.45) is 0 Å². The van der Waals surface area contributed by atoms with Crippen LogP contribution in [0, 0.1) is 0 Å². The number of amides is 2. The van der Waals surface area contributed by atoms with Gasteiger partial charge in [0, 0.05) is 30.6 Å². The van der Waals surface area contributed by atoms with Gasteiger partial charge in [-0.25, -0.2) is 13.4 Å². The fourth-order valence-corrected chi connectivity index (χ4v) is 5.82. The molecule has 4 aromatic rings. The number of fused-ring (bicyclic) bond motifs is 2. The van der Waals surface area contributed by atoms with E-state index in [0.29, 0.717) is 33.7 Å². The van der Waals surface area contributed by atoms with E-state index < -0.39 is 34.0 Å². The van der Waals surface area contributed by atoms with Gasteiger partial charge < -0.3 is 20.1 Å². The Morgan fingerprint density at radius 3 is 2.67 bits per heavy atom. The second kappa shape index (κ2) is 11.2. The lowest BCUT2D eigenvalue weighted by atomic mass is 10.0. The number of sulfonamides is 1. The molecule has 2 heterocycles. The van der Waals surface area contributed by atoms with Crippen LogP contribution >= 0.6 is 0 Å². The number of nitrogens with zero attached hydrogens (tertiary/aromatic N) is 1. The van der Waals surface area contributed by atoms with Gasteiger partial charge in [0.2, 0.25) is 21.9 Å². The SMILES string of the molecule is O=C(CC[C@H]1Oc2ccc(C[C@H](NS(=O)(=O)c3cccc4ccccc34)C(=O)O)cc2NC1=O)Nc1ncc[nH]1. The number of carbonyl (C=O) groups is 3. The van der Waals surface area contributed by atoms with E-state index in [4.69, 9.17) is 4.74 Å². The minimum atomic E-state index is -4.18. The number of anilines is 2. The minimum Gasteiger partial charge on any atom is -0.480 e. The number of H-pyrrole nitrogens is 1. The Morgan fingerprint density at radius 1 is 1.10 bits per heavy atom. The van der Waals surface area contributed by atoms with Gasteiger partial charge >= 0.3 is 5.97 Å². The Labute approximate surface area is 228 Å². The van der Waals surface area contributed by atoms with Crippen LogP contribution in [0.3, 0.4) is 0 Å². The van der Waals surface area contributed by atoms with Crippen LogP contribution in [0.15, 0.2) is 78.0 Å². The largest absolute Gasteiger partial charge is 0.480 e. The van der Waals surface area contributed by atoms with Crippen LogP contribution in [0.4, 0.5) is 11.6 Å². The predicted octanol–water partition coefficient (Wildman–Crippen LogP) is 2.66. The van der Waals surface area contributed by atoms with Gasteiger partial charge in [-0.15, -0.1) is 0 Å². The van der Waals surface area contributed by atoms with Crippen molar-refractivity contribution in [3.05, 3.63) is 78.6 Å². The van der Waals surface area contributed by atoms with Gasteiger partial charge in [-0.2, -0.15) is 4.72 Å². The molecule has 1 aliphatic rings. The molecule has 5 N–H and O–H groups in total. The third-order valence-electron chi connectivity index (χ3n) is 6.33. The summed E-state index contributed by atoms with van der Waals surface area (Å²) in [5, 5.41) is 16.3. The molecular weight excluding hydrogens is 538 g/mol. The zero-order chi connectivity index (χ0) is 28.3. The molecule has 2 amide bonds. The number of nitrogens with one attached hydrogen (secondary N) is 4. The van der Waals surface area contributed by atoms with Crippen molar-refractivity contribution in [1.82, 2.24) is 14.7 Å². The van der Waals surface area contributed by atoms with Gasteiger partial charge in [-0.05, 0) is 35.6 Å². The van der Waals surface area contributed by atoms with Crippen molar-refractivity contribution in [2.45, 2.75) is 36.3 Å². The van der Waals surface area contributed by atoms with Crippen molar-refractivity contribution in [3.8, 4) is 5.75 Å². The Kier molecular flexibility index (Phi) is 7.49. The third-order valence-corrected chi connectivity index (χ3v) is 7.86. The Bertz CT molecular complexity index is 1680. The summed E-state index contributed by atoms with van der Waals surface area (Å²) < 4.78 is 34.4. The molecule has 0 fully saturated rings. The molecule has 0 spiro atoms. The summed E-state index contributed by atoms with van der Waals surface area (Å²) >= 11 is 0. The van der Waals surface area contributed by atoms with E-state index in [0.717, 1.165) is 0 Å². The maximum absolute atomic E-state index is 13.2. The highest BCUT2D eigenvalue weighted by molar-refractivity contribution is 7.89. The molecule has 0 saturated heterocycles. The fraction of sp³-hybridized carbons (Fsp3) is 0.185. The molecular formula is C27H25N5O7S. The molecule has 0 bridgehead atoms. The van der Waals surface area contributed by atoms with Crippen LogP contribution in [-0.4, -0.2) is 53.4 Å². The van der Waals surface area contributed by atoms with E-state index in [1.54, 1.807) is 54.7 Å². The lowest BCUT2D eigenvalue weighted by Crippen LogP contribution is -2.42. The van der Waals surface area contributed by atoms with Crippen molar-refractivity contribution >= 4 is 50.2 Å². The van der Waals surface area contributed by atoms with Gasteiger partial charge in [0.15, 0.2) is 6.10 Å². The van der Waals surface area contributed by atoms with Crippen LogP contribution in [0.25, 0.3) is 10.8 Å². The number of benzene rings is 3. The van der Waals surface area contributed by atoms with Crippen LogP contribution in [0.1, 0.15) is 18.4 Å². The molecule has 13 heteroatoms. The fourth-order valence-electron chi connectivity index (χ4n) is 4.40. The summed E-state index contributed by atoms with van der Waals surface area (Å²) in [4.78, 5) is 43.4. The molecule has 1 aliphatic heterocycles. The zero-order valence-electron chi connectivity index (χ0n) is 21.0. The molecule has 0 saturated carbocycles. The summed E-state index contributed by atoms with van der Waals surface area (Å²) in [6, 6.07) is 14.9. The Hall–Kier alpha value is -4.75. The summed E-state index contributed by atoms with van der Waals surface area (Å²) in [5.41, 5.74) is 0.784. The first kappa shape index (κ1) is 26.8. The maximum Gasteiger partial charge on any atom is 0.322 e. The topological polar surface area (TPSA) is 180 Å². The third kappa shape index (κ3) is 5.95. The van der Waals surface area contributed by atoms with Crippen LogP contribution < -0.4 is 20.1 Å². The molecule has 12 nitrogen and oxygen atoms in total. The highest BCUT2D eigenvalue weighted by Gasteiger charge is 2.30. The molecule has 40 heavy (non-hydrogen) atoms. The summed E-state index contributed by atoms with van der Waals surface area (Å²) in [5.74, 6) is -1.49. The van der Waals surface area contributed by atoms with Crippen molar-refractivity contribution in [1.29, 1.82) is 0 Å². The van der Waals surface area contributed by atoms with Crippen LogP contribution in [0.5, 0.6) is 5.75 Å². The average molecular weight is 564 g/mol. The Morgan fingerprint density at radius 2 is 1.90 bits per heavy atom. The molecule has 0 radical (unpaired) electrons. The first-order valence-corrected chi connectivity index (χ1v) is 13.8. The predicted molar refractivity (Wildman–Crippen MR) is 145 cm³/mol. The first-order valence-electron chi connectivity index (χ1n) is 12.3. The number of aromatic nitrogens is 2. The van der Waals surface area contributed by atoms with E-state index >= 15 is 0 Å². The highest BCUT2D eigenvalue weighted by atomic mass is 32.2. The number of aliphatic carboxylic acids is 1. The van der Waals surface area contributed by atoms with E-state index in [-0.39, 0.29) is 30.1 Å². The molecule has 1 aromatic heterocycles. The van der Waals surface area contributed by atoms with Crippen molar-refractivity contribution < 1.29 is 32.6 Å². The lowest BCUT2D eigenvalue weighted by molar-refractivity contribution is -0.139. The van der Waals surface area contributed by atoms with Crippen molar-refractivity contribution in [2.75, 3.05) is 10.6 Å². The van der Waals surface area contributed by atoms with Gasteiger partial charge in [-0.3, -0.25) is 19.7 Å². The second-order valence-corrected chi connectivity index (χ2v) is 10.8. The maximum atomic E-state index is 13.2. The smallest absolute Gasteiger partial charge is 0.322 e. The normalized spacial score (nSPS) is 15.5. The summed E-state index contributed by atoms with van der Waals surface area (Å²) in [6.45, 7) is 0. The lowest BCUT2D eigenvalue weighted by Gasteiger charge is -2.26. The number of carboxylic acid groups (broad SMARTS) is 1. The number of rotatable bonds is 10. The van der Waals surface area contributed by atoms with E-state index in [1.165, 1.54) is 18.3 Å². The molecule has 5 rings (SSSR count). The average Bonchev–Trinajstić information content (AvgIpc) is 3.44. The summed E-state index contributed by atoms with van der Waals surface area (Å²) in [7, 11) is -4.18. The molecule has 2 atom stereocenters. The number of carboxylic acids is 1. The van der Waals surface area contributed by atoms with E-state index in [2.05, 4.69) is 25.3 Å². The number of hydrogen-bond acceptors (Lipinski definition) is 7. The highest BCUT2D eigenvalue weighted by Crippen LogP contribution is 2.32. The number of ether oxygens (including phenoxy) is 1. The van der Waals surface area contributed by atoms with Gasteiger partial charge in [0.05, 0.1) is 10.6 Å². The number of carbonyl (C=O) groups excluding carboxylic acids is 2. The zero-order valence-corrected chi connectivity index (χ0v) is 21.8. The van der Waals surface area contributed by atoms with Crippen LogP contribution in [0.2, 0.25) is 0 Å². The molecule has 206 valence electrons. The van der Waals surface area contributed by atoms with E-state index in [9.17, 15) is 27.9 Å². The van der Waals surface area contributed by atoms with Gasteiger partial charge in [-0.1, -0.05) is 42.5 Å². The number of aromatic amines is 1. The van der Waals surface area contributed by atoms with Gasteiger partial charge in [0.25, 0.3) is 5.91 Å². The quantitative estimate of drug-likeness (QED) is 0.195. The molecule has 0 aliphatic carbocycles. The number of imidazole rings is 1. The standard InChI is InChI=1S/C27H25N5O7S/c33-24(31-27-28-12-13-29-27)11-10-22-25(34)30-19-14-16(8-9-21(19)39-22)15-20(26(35)36)32-40(37,38)23-7-3-5-17-4-1-2-6-18(17)23/h1-9,12-14,20,22,32H,10-11,15H2,(H,30,34)(H,35,36)(H2,28,29,31,33)/t20-,22+/m0/s1. The first-order chi connectivity index (χ1) is 19.2. The monoisotopic (exact) mass is 563 g/mol. The van der Waals surface area contributed by atoms with Crippen molar-refractivity contribution in [3.63, 3.8) is 0 Å². The summed E-state index contributed by atoms with van der Waals surface area (Å²) in [6.07, 6.45) is 2.12. The number of hydrogen-bond donors (Lipinski definition) is 5. The van der Waals surface area contributed by atoms with E-state index in [1.807, 2.05) is 0 Å². The minimum absolute atomic E-state index is 0.0172. The van der Waals surface area contributed by atoms with Crippen LogP contribution in [-0.2, 0) is 30.8 Å². The molecule has 0 unspecified atom stereocenters. The molecule has 3 aromatic carbocycles.